The molecule has 0 saturated carbocycles. The summed E-state index contributed by atoms with van der Waals surface area (Å²) in [5.74, 6) is -0.147. The number of hydrogen-bond donors (Lipinski definition) is 1. The van der Waals surface area contributed by atoms with Gasteiger partial charge < -0.3 is 5.32 Å². The predicted molar refractivity (Wildman–Crippen MR) is 110 cm³/mol. The van der Waals surface area contributed by atoms with Gasteiger partial charge in [-0.05, 0) is 32.9 Å². The zero-order valence-corrected chi connectivity index (χ0v) is 16.5. The van der Waals surface area contributed by atoms with Gasteiger partial charge in [0, 0.05) is 36.2 Å². The fourth-order valence-electron chi connectivity index (χ4n) is 3.14. The van der Waals surface area contributed by atoms with Crippen LogP contribution >= 0.6 is 0 Å². The Morgan fingerprint density at radius 3 is 2.29 bits per heavy atom. The van der Waals surface area contributed by atoms with Gasteiger partial charge in [0.15, 0.2) is 5.78 Å². The molecule has 1 heterocycles. The number of carbonyl (C=O) groups is 2. The Hall–Kier alpha value is -3.21. The Balaban J connectivity index is 1.57. The van der Waals surface area contributed by atoms with Gasteiger partial charge in [0.1, 0.15) is 0 Å². The average Bonchev–Trinajstić information content (AvgIpc) is 2.99. The summed E-state index contributed by atoms with van der Waals surface area (Å²) in [5, 5.41) is 7.51. The number of hydrogen-bond acceptors (Lipinski definition) is 3. The first-order valence-electron chi connectivity index (χ1n) is 9.43. The fourth-order valence-corrected chi connectivity index (χ4v) is 3.14. The molecular formula is C23H25N3O2. The van der Waals surface area contributed by atoms with Crippen molar-refractivity contribution in [3.8, 4) is 5.69 Å². The molecule has 0 saturated heterocycles. The molecule has 144 valence electrons. The second-order valence-corrected chi connectivity index (χ2v) is 6.96. The molecule has 2 aromatic carbocycles. The molecule has 1 N–H and O–H groups in total. The summed E-state index contributed by atoms with van der Waals surface area (Å²) in [6, 6.07) is 17.3. The summed E-state index contributed by atoms with van der Waals surface area (Å²) in [7, 11) is 0. The molecule has 5 heteroatoms. The molecule has 0 unspecified atom stereocenters. The number of aryl methyl sites for hydroxylation is 2. The van der Waals surface area contributed by atoms with E-state index >= 15 is 0 Å². The van der Waals surface area contributed by atoms with Gasteiger partial charge in [-0.2, -0.15) is 5.10 Å². The van der Waals surface area contributed by atoms with Crippen LogP contribution in [0, 0.1) is 20.8 Å². The largest absolute Gasteiger partial charge is 0.352 e. The third-order valence-corrected chi connectivity index (χ3v) is 4.86. The molecule has 28 heavy (non-hydrogen) atoms. The van der Waals surface area contributed by atoms with Gasteiger partial charge in [-0.25, -0.2) is 4.68 Å². The van der Waals surface area contributed by atoms with E-state index in [9.17, 15) is 9.59 Å². The van der Waals surface area contributed by atoms with Gasteiger partial charge in [0.2, 0.25) is 5.91 Å². The van der Waals surface area contributed by atoms with Crippen molar-refractivity contribution in [3.63, 3.8) is 0 Å². The molecule has 0 fully saturated rings. The molecule has 0 aliphatic rings. The van der Waals surface area contributed by atoms with Gasteiger partial charge in [-0.3, -0.25) is 9.59 Å². The minimum Gasteiger partial charge on any atom is -0.352 e. The van der Waals surface area contributed by atoms with E-state index in [-0.39, 0.29) is 24.5 Å². The zero-order valence-electron chi connectivity index (χ0n) is 16.5. The third-order valence-electron chi connectivity index (χ3n) is 4.86. The standard InChI is InChI=1S/C23H25N3O2/c1-16-9-11-19(12-10-16)22(27)13-14-23(28)24-15-21-17(2)25-26(18(21)3)20-7-5-4-6-8-20/h4-12H,13-15H2,1-3H3,(H,24,28). The normalized spacial score (nSPS) is 10.7. The number of Topliss-reactive ketones (excluding diaryl/α,β-unsaturated/α-hetero) is 1. The topological polar surface area (TPSA) is 64.0 Å². The first-order valence-corrected chi connectivity index (χ1v) is 9.43. The highest BCUT2D eigenvalue weighted by Crippen LogP contribution is 2.17. The average molecular weight is 375 g/mol. The Morgan fingerprint density at radius 2 is 1.61 bits per heavy atom. The number of ketones is 1. The van der Waals surface area contributed by atoms with Gasteiger partial charge in [-0.1, -0.05) is 48.0 Å². The lowest BCUT2D eigenvalue weighted by Crippen LogP contribution is -2.24. The SMILES string of the molecule is Cc1ccc(C(=O)CCC(=O)NCc2c(C)nn(-c3ccccc3)c2C)cc1. The lowest BCUT2D eigenvalue weighted by atomic mass is 10.0. The first-order chi connectivity index (χ1) is 13.5. The summed E-state index contributed by atoms with van der Waals surface area (Å²) in [6.45, 7) is 6.32. The minimum absolute atomic E-state index is 0.0144. The highest BCUT2D eigenvalue weighted by Gasteiger charge is 2.14. The number of nitrogens with one attached hydrogen (secondary N) is 1. The van der Waals surface area contributed by atoms with Crippen molar-refractivity contribution >= 4 is 11.7 Å². The van der Waals surface area contributed by atoms with Crippen LogP contribution in [0.5, 0.6) is 0 Å². The lowest BCUT2D eigenvalue weighted by molar-refractivity contribution is -0.121. The maximum atomic E-state index is 12.2. The maximum absolute atomic E-state index is 12.2. The van der Waals surface area contributed by atoms with Gasteiger partial charge in [0.25, 0.3) is 0 Å². The van der Waals surface area contributed by atoms with Gasteiger partial charge >= 0.3 is 0 Å². The molecule has 0 atom stereocenters. The summed E-state index contributed by atoms with van der Waals surface area (Å²) < 4.78 is 1.89. The number of rotatable bonds is 7. The number of aromatic nitrogens is 2. The highest BCUT2D eigenvalue weighted by atomic mass is 16.2. The minimum atomic E-state index is -0.133. The third kappa shape index (κ3) is 4.55. The quantitative estimate of drug-likeness (QED) is 0.633. The predicted octanol–water partition coefficient (Wildman–Crippen LogP) is 4.08. The Morgan fingerprint density at radius 1 is 0.929 bits per heavy atom. The zero-order chi connectivity index (χ0) is 20.1. The van der Waals surface area contributed by atoms with Crippen molar-refractivity contribution < 1.29 is 9.59 Å². The van der Waals surface area contributed by atoms with E-state index in [0.29, 0.717) is 12.1 Å². The van der Waals surface area contributed by atoms with Gasteiger partial charge in [0.05, 0.1) is 11.4 Å². The summed E-state index contributed by atoms with van der Waals surface area (Å²) in [4.78, 5) is 24.4. The van der Waals surface area contributed by atoms with Crippen molar-refractivity contribution in [2.75, 3.05) is 0 Å². The summed E-state index contributed by atoms with van der Waals surface area (Å²) >= 11 is 0. The molecule has 1 aromatic heterocycles. The van der Waals surface area contributed by atoms with Crippen molar-refractivity contribution in [1.29, 1.82) is 0 Å². The van der Waals surface area contributed by atoms with E-state index < -0.39 is 0 Å². The van der Waals surface area contributed by atoms with Crippen molar-refractivity contribution in [3.05, 3.63) is 82.7 Å². The number of para-hydroxylation sites is 1. The van der Waals surface area contributed by atoms with Crippen LogP contribution in [0.2, 0.25) is 0 Å². The molecule has 5 nitrogen and oxygen atoms in total. The van der Waals surface area contributed by atoms with E-state index in [1.165, 1.54) is 0 Å². The summed E-state index contributed by atoms with van der Waals surface area (Å²) in [5.41, 5.74) is 5.63. The Labute approximate surface area is 165 Å². The van der Waals surface area contributed by atoms with Crippen LogP contribution in [-0.4, -0.2) is 21.5 Å². The maximum Gasteiger partial charge on any atom is 0.220 e. The van der Waals surface area contributed by atoms with Crippen LogP contribution in [0.25, 0.3) is 5.69 Å². The number of nitrogens with zero attached hydrogens (tertiary/aromatic N) is 2. The molecule has 0 aliphatic heterocycles. The van der Waals surface area contributed by atoms with Gasteiger partial charge in [-0.15, -0.1) is 0 Å². The molecule has 0 radical (unpaired) electrons. The molecule has 3 aromatic rings. The Kier molecular flexibility index (Phi) is 6.04. The van der Waals surface area contributed by atoms with Crippen LogP contribution in [0.3, 0.4) is 0 Å². The van der Waals surface area contributed by atoms with E-state index in [4.69, 9.17) is 0 Å². The second-order valence-electron chi connectivity index (χ2n) is 6.96. The molecule has 0 spiro atoms. The summed E-state index contributed by atoms with van der Waals surface area (Å²) in [6.07, 6.45) is 0.383. The van der Waals surface area contributed by atoms with Crippen LogP contribution in [0.4, 0.5) is 0 Å². The number of amides is 1. The molecule has 0 aliphatic carbocycles. The molecule has 3 rings (SSSR count). The van der Waals surface area contributed by atoms with Crippen LogP contribution < -0.4 is 5.32 Å². The van der Waals surface area contributed by atoms with Crippen LogP contribution in [0.15, 0.2) is 54.6 Å². The van der Waals surface area contributed by atoms with Crippen LogP contribution in [0.1, 0.15) is 45.7 Å². The second kappa shape index (κ2) is 8.65. The molecular weight excluding hydrogens is 350 g/mol. The fraction of sp³-hybridized carbons (Fsp3) is 0.261. The number of benzene rings is 2. The highest BCUT2D eigenvalue weighted by molar-refractivity contribution is 5.97. The molecule has 0 bridgehead atoms. The smallest absolute Gasteiger partial charge is 0.220 e. The van der Waals surface area contributed by atoms with E-state index in [0.717, 1.165) is 28.2 Å². The van der Waals surface area contributed by atoms with E-state index in [1.54, 1.807) is 12.1 Å². The monoisotopic (exact) mass is 375 g/mol. The van der Waals surface area contributed by atoms with E-state index in [1.807, 2.05) is 67.9 Å². The Bertz CT molecular complexity index is 973. The lowest BCUT2D eigenvalue weighted by Gasteiger charge is -2.07. The first kappa shape index (κ1) is 19.5. The van der Waals surface area contributed by atoms with Crippen molar-refractivity contribution in [2.45, 2.75) is 40.2 Å². The van der Waals surface area contributed by atoms with Crippen molar-refractivity contribution in [1.82, 2.24) is 15.1 Å². The number of carbonyl (C=O) groups excluding carboxylic acids is 2. The molecule has 1 amide bonds. The van der Waals surface area contributed by atoms with Crippen molar-refractivity contribution in [2.24, 2.45) is 0 Å². The van der Waals surface area contributed by atoms with E-state index in [2.05, 4.69) is 10.4 Å². The van der Waals surface area contributed by atoms with Crippen LogP contribution in [-0.2, 0) is 11.3 Å².